The molecule has 6 heteroatoms. The average Bonchev–Trinajstić information content (AvgIpc) is 2.76. The predicted molar refractivity (Wildman–Crippen MR) is 125 cm³/mol. The number of rotatable bonds is 6. The molecule has 0 aliphatic carbocycles. The summed E-state index contributed by atoms with van der Waals surface area (Å²) in [5.74, 6) is -0.356. The van der Waals surface area contributed by atoms with Gasteiger partial charge >= 0.3 is 0 Å². The number of hydrogen-bond donors (Lipinski definition) is 1. The minimum absolute atomic E-state index is 0.0677. The number of benzene rings is 3. The molecule has 1 amide bonds. The minimum Gasteiger partial charge on any atom is -0.496 e. The van der Waals surface area contributed by atoms with E-state index in [-0.39, 0.29) is 11.4 Å². The van der Waals surface area contributed by atoms with E-state index >= 15 is 0 Å². The molecular weight excluding hydrogens is 427 g/mol. The maximum atomic E-state index is 13.5. The quantitative estimate of drug-likeness (QED) is 0.358. The molecule has 3 rings (SSSR count). The summed E-state index contributed by atoms with van der Waals surface area (Å²) >= 11 is 6.49. The molecule has 1 N–H and O–H groups in total. The highest BCUT2D eigenvalue weighted by Crippen LogP contribution is 2.32. The van der Waals surface area contributed by atoms with Crippen molar-refractivity contribution in [1.82, 2.24) is 0 Å². The number of carbonyl (C=O) groups is 1. The van der Waals surface area contributed by atoms with Gasteiger partial charge < -0.3 is 10.1 Å². The van der Waals surface area contributed by atoms with Gasteiger partial charge in [0.1, 0.15) is 23.2 Å². The SMILES string of the molecule is COc1cc(/C=C(\C#N)C(=O)Nc2cc(C)ccc2C)cc(Cl)c1Cc1cccc(F)c1. The lowest BCUT2D eigenvalue weighted by molar-refractivity contribution is -0.112. The number of hydrogen-bond acceptors (Lipinski definition) is 3. The van der Waals surface area contributed by atoms with E-state index in [2.05, 4.69) is 5.32 Å². The first-order chi connectivity index (χ1) is 15.3. The van der Waals surface area contributed by atoms with Gasteiger partial charge in [-0.2, -0.15) is 5.26 Å². The Morgan fingerprint density at radius 2 is 1.97 bits per heavy atom. The van der Waals surface area contributed by atoms with E-state index in [1.54, 1.807) is 24.3 Å². The van der Waals surface area contributed by atoms with Crippen molar-refractivity contribution in [3.63, 3.8) is 0 Å². The number of nitriles is 1. The van der Waals surface area contributed by atoms with Gasteiger partial charge in [-0.25, -0.2) is 4.39 Å². The number of halogens is 2. The molecule has 3 aromatic rings. The molecule has 0 atom stereocenters. The van der Waals surface area contributed by atoms with Crippen LogP contribution in [0.5, 0.6) is 5.75 Å². The third kappa shape index (κ3) is 5.54. The summed E-state index contributed by atoms with van der Waals surface area (Å²) in [6.07, 6.45) is 1.84. The third-order valence-corrected chi connectivity index (χ3v) is 5.32. The molecular formula is C26H22ClFN2O2. The Hall–Kier alpha value is -3.62. The van der Waals surface area contributed by atoms with Crippen molar-refractivity contribution in [1.29, 1.82) is 5.26 Å². The largest absolute Gasteiger partial charge is 0.496 e. The first kappa shape index (κ1) is 23.1. The van der Waals surface area contributed by atoms with Crippen LogP contribution in [-0.2, 0) is 11.2 Å². The number of nitrogens with zero attached hydrogens (tertiary/aromatic N) is 1. The van der Waals surface area contributed by atoms with Crippen molar-refractivity contribution in [2.45, 2.75) is 20.3 Å². The lowest BCUT2D eigenvalue weighted by atomic mass is 10.0. The van der Waals surface area contributed by atoms with Gasteiger partial charge in [0.15, 0.2) is 0 Å². The highest BCUT2D eigenvalue weighted by atomic mass is 35.5. The van der Waals surface area contributed by atoms with Crippen molar-refractivity contribution in [2.75, 3.05) is 12.4 Å². The molecule has 0 heterocycles. The van der Waals surface area contributed by atoms with Crippen LogP contribution in [0.4, 0.5) is 10.1 Å². The Balaban J connectivity index is 1.90. The number of ether oxygens (including phenoxy) is 1. The number of anilines is 1. The minimum atomic E-state index is -0.514. The van der Waals surface area contributed by atoms with Crippen LogP contribution in [0.3, 0.4) is 0 Å². The van der Waals surface area contributed by atoms with Crippen LogP contribution in [0.2, 0.25) is 5.02 Å². The van der Waals surface area contributed by atoms with Crippen LogP contribution in [0, 0.1) is 31.0 Å². The summed E-state index contributed by atoms with van der Waals surface area (Å²) in [6, 6.07) is 17.3. The number of carbonyl (C=O) groups excluding carboxylic acids is 1. The van der Waals surface area contributed by atoms with Crippen LogP contribution in [0.25, 0.3) is 6.08 Å². The summed E-state index contributed by atoms with van der Waals surface area (Å²) < 4.78 is 19.0. The highest BCUT2D eigenvalue weighted by molar-refractivity contribution is 6.31. The third-order valence-electron chi connectivity index (χ3n) is 4.98. The first-order valence-electron chi connectivity index (χ1n) is 9.92. The van der Waals surface area contributed by atoms with E-state index in [1.165, 1.54) is 25.3 Å². The standard InChI is InChI=1S/C26H22ClFN2O2/c1-16-7-8-17(2)24(9-16)30-26(31)20(15-29)10-19-13-23(27)22(25(14-19)32-3)12-18-5-4-6-21(28)11-18/h4-11,13-14H,12H2,1-3H3,(H,30,31)/b20-10+. The molecule has 0 bridgehead atoms. The normalized spacial score (nSPS) is 11.1. The maximum absolute atomic E-state index is 13.5. The first-order valence-corrected chi connectivity index (χ1v) is 10.3. The molecule has 0 aliphatic rings. The molecule has 0 fully saturated rings. The molecule has 162 valence electrons. The Bertz CT molecular complexity index is 1250. The van der Waals surface area contributed by atoms with Gasteiger partial charge in [0.05, 0.1) is 7.11 Å². The van der Waals surface area contributed by atoms with E-state index in [1.807, 2.05) is 38.1 Å². The van der Waals surface area contributed by atoms with Gasteiger partial charge in [-0.15, -0.1) is 0 Å². The lowest BCUT2D eigenvalue weighted by Crippen LogP contribution is -2.14. The van der Waals surface area contributed by atoms with Crippen molar-refractivity contribution in [3.05, 3.63) is 98.8 Å². The van der Waals surface area contributed by atoms with Gasteiger partial charge in [-0.3, -0.25) is 4.79 Å². The second-order valence-corrected chi connectivity index (χ2v) is 7.84. The lowest BCUT2D eigenvalue weighted by Gasteiger charge is -2.13. The summed E-state index contributed by atoms with van der Waals surface area (Å²) in [7, 11) is 1.51. The molecule has 4 nitrogen and oxygen atoms in total. The topological polar surface area (TPSA) is 62.1 Å². The monoisotopic (exact) mass is 448 g/mol. The summed E-state index contributed by atoms with van der Waals surface area (Å²) in [5, 5.41) is 12.7. The fourth-order valence-corrected chi connectivity index (χ4v) is 3.58. The fraction of sp³-hybridized carbons (Fsp3) is 0.154. The van der Waals surface area contributed by atoms with Gasteiger partial charge in [-0.1, -0.05) is 35.9 Å². The Morgan fingerprint density at radius 3 is 2.66 bits per heavy atom. The van der Waals surface area contributed by atoms with Gasteiger partial charge in [0.25, 0.3) is 5.91 Å². The summed E-state index contributed by atoms with van der Waals surface area (Å²) in [6.45, 7) is 3.81. The Kier molecular flexibility index (Phi) is 7.29. The number of nitrogens with one attached hydrogen (secondary N) is 1. The van der Waals surface area contributed by atoms with Crippen LogP contribution < -0.4 is 10.1 Å². The molecule has 0 radical (unpaired) electrons. The zero-order chi connectivity index (χ0) is 23.3. The van der Waals surface area contributed by atoms with Gasteiger partial charge in [-0.05, 0) is 72.5 Å². The van der Waals surface area contributed by atoms with E-state index in [9.17, 15) is 14.4 Å². The van der Waals surface area contributed by atoms with Crippen molar-refractivity contribution in [3.8, 4) is 11.8 Å². The Morgan fingerprint density at radius 1 is 1.19 bits per heavy atom. The number of aryl methyl sites for hydroxylation is 2. The van der Waals surface area contributed by atoms with Crippen LogP contribution in [0.15, 0.2) is 60.2 Å². The van der Waals surface area contributed by atoms with Crippen LogP contribution >= 0.6 is 11.6 Å². The van der Waals surface area contributed by atoms with E-state index in [0.717, 1.165) is 16.7 Å². The van der Waals surface area contributed by atoms with Gasteiger partial charge in [0, 0.05) is 22.7 Å². The van der Waals surface area contributed by atoms with E-state index in [4.69, 9.17) is 16.3 Å². The second-order valence-electron chi connectivity index (χ2n) is 7.43. The molecule has 0 aliphatic heterocycles. The molecule has 3 aromatic carbocycles. The predicted octanol–water partition coefficient (Wildman–Crippen LogP) is 6.24. The van der Waals surface area contributed by atoms with Crippen LogP contribution in [-0.4, -0.2) is 13.0 Å². The fourth-order valence-electron chi connectivity index (χ4n) is 3.29. The van der Waals surface area contributed by atoms with Gasteiger partial charge in [0.2, 0.25) is 0 Å². The summed E-state index contributed by atoms with van der Waals surface area (Å²) in [4.78, 5) is 12.7. The molecule has 32 heavy (non-hydrogen) atoms. The molecule has 0 saturated carbocycles. The smallest absolute Gasteiger partial charge is 0.266 e. The van der Waals surface area contributed by atoms with Crippen molar-refractivity contribution < 1.29 is 13.9 Å². The average molecular weight is 449 g/mol. The Labute approximate surface area is 191 Å². The van der Waals surface area contributed by atoms with Crippen molar-refractivity contribution >= 4 is 29.3 Å². The van der Waals surface area contributed by atoms with Crippen molar-refractivity contribution in [2.24, 2.45) is 0 Å². The molecule has 0 saturated heterocycles. The number of methoxy groups -OCH3 is 1. The molecule has 0 aromatic heterocycles. The zero-order valence-electron chi connectivity index (χ0n) is 18.0. The molecule has 0 unspecified atom stereocenters. The van der Waals surface area contributed by atoms with E-state index < -0.39 is 5.91 Å². The number of amides is 1. The second kappa shape index (κ2) is 10.1. The zero-order valence-corrected chi connectivity index (χ0v) is 18.8. The van der Waals surface area contributed by atoms with E-state index in [0.29, 0.717) is 34.0 Å². The maximum Gasteiger partial charge on any atom is 0.266 e. The van der Waals surface area contributed by atoms with Crippen LogP contribution in [0.1, 0.15) is 27.8 Å². The highest BCUT2D eigenvalue weighted by Gasteiger charge is 2.15. The summed E-state index contributed by atoms with van der Waals surface area (Å²) in [5.41, 5.74) is 4.46. The molecule has 0 spiro atoms.